The molecule has 0 saturated carbocycles. The summed E-state index contributed by atoms with van der Waals surface area (Å²) in [6, 6.07) is 0. The molecule has 4 atom stereocenters. The van der Waals surface area contributed by atoms with Crippen molar-refractivity contribution < 1.29 is 69.2 Å². The number of carbonyl (C=O) groups is 1. The molecule has 100 valence electrons. The molecule has 0 spiro atoms. The van der Waals surface area contributed by atoms with Crippen molar-refractivity contribution in [3.8, 4) is 0 Å². The minimum absolute atomic E-state index is 0. The van der Waals surface area contributed by atoms with E-state index in [0.29, 0.717) is 6.08 Å². The first-order chi connectivity index (χ1) is 7.67. The van der Waals surface area contributed by atoms with Gasteiger partial charge in [0, 0.05) is 0 Å². The standard InChI is InChI=1S/C7H14NO8P.Na/c9-4-8(13)3-6(11)7(12)5(10)1-2-17(14,15)16;/h1-2,4-7,10-13H,3H2,(H2,14,15,16);/q;+1/p-1/b2-1+;/t5-,6+,7-;/m1./s1. The molecule has 0 bridgehead atoms. The first-order valence-electron chi connectivity index (χ1n) is 4.35. The number of hydrogen-bond acceptors (Lipinski definition) is 7. The third-order valence-electron chi connectivity index (χ3n) is 1.71. The van der Waals surface area contributed by atoms with Crippen LogP contribution in [0.25, 0.3) is 0 Å². The van der Waals surface area contributed by atoms with Gasteiger partial charge in [-0.25, -0.2) is 5.06 Å². The zero-order valence-corrected chi connectivity index (χ0v) is 12.4. The molecule has 0 aromatic rings. The Morgan fingerprint density at radius 1 is 1.33 bits per heavy atom. The van der Waals surface area contributed by atoms with Crippen molar-refractivity contribution in [1.29, 1.82) is 0 Å². The van der Waals surface area contributed by atoms with Crippen LogP contribution in [0, 0.1) is 0 Å². The number of nitrogens with zero attached hydrogens (tertiary/aromatic N) is 1. The smallest absolute Gasteiger partial charge is 0.776 e. The summed E-state index contributed by atoms with van der Waals surface area (Å²) in [4.78, 5) is 28.6. The summed E-state index contributed by atoms with van der Waals surface area (Å²) >= 11 is 0. The van der Waals surface area contributed by atoms with E-state index in [9.17, 15) is 29.6 Å². The van der Waals surface area contributed by atoms with Crippen LogP contribution in [-0.2, 0) is 9.36 Å². The van der Waals surface area contributed by atoms with Crippen molar-refractivity contribution in [2.45, 2.75) is 18.3 Å². The average Bonchev–Trinajstić information content (AvgIpc) is 2.23. The number of aliphatic hydroxyl groups is 3. The fourth-order valence-electron chi connectivity index (χ4n) is 0.881. The van der Waals surface area contributed by atoms with Crippen LogP contribution in [0.2, 0.25) is 0 Å². The normalized spacial score (nSPS) is 19.4. The van der Waals surface area contributed by atoms with Crippen LogP contribution in [0.4, 0.5) is 0 Å². The van der Waals surface area contributed by atoms with Gasteiger partial charge in [0.15, 0.2) is 7.60 Å². The predicted molar refractivity (Wildman–Crippen MR) is 51.5 cm³/mol. The molecule has 1 amide bonds. The van der Waals surface area contributed by atoms with Gasteiger partial charge < -0.3 is 29.7 Å². The van der Waals surface area contributed by atoms with Crippen molar-refractivity contribution in [1.82, 2.24) is 5.06 Å². The molecule has 0 aromatic heterocycles. The Balaban J connectivity index is 0. The number of carbonyl (C=O) groups excluding carboxylic acids is 1. The van der Waals surface area contributed by atoms with E-state index in [-0.39, 0.29) is 46.8 Å². The number of rotatable bonds is 7. The molecule has 0 heterocycles. The fraction of sp³-hybridized carbons (Fsp3) is 0.571. The Hall–Kier alpha value is 0.200. The molecular weight excluding hydrogens is 280 g/mol. The SMILES string of the molecule is O=CN(O)C[C@H](O)[C@H](O)[C@H](O)/C=C/P(=O)([O-])O.[Na+]. The molecule has 5 N–H and O–H groups in total. The zero-order valence-electron chi connectivity index (χ0n) is 9.53. The number of aliphatic hydroxyl groups excluding tert-OH is 3. The molecule has 0 rings (SSSR count). The summed E-state index contributed by atoms with van der Waals surface area (Å²) in [5.74, 6) is 0.254. The first-order valence-corrected chi connectivity index (χ1v) is 6.00. The second-order valence-corrected chi connectivity index (χ2v) is 4.61. The summed E-state index contributed by atoms with van der Waals surface area (Å²) < 4.78 is 10.3. The fourth-order valence-corrected chi connectivity index (χ4v) is 1.27. The molecule has 0 saturated heterocycles. The van der Waals surface area contributed by atoms with Crippen LogP contribution in [0.3, 0.4) is 0 Å². The molecule has 1 unspecified atom stereocenters. The Bertz CT molecular complexity index is 321. The van der Waals surface area contributed by atoms with Crippen LogP contribution in [0.15, 0.2) is 11.9 Å². The monoisotopic (exact) mass is 293 g/mol. The maximum Gasteiger partial charge on any atom is 1.00 e. The summed E-state index contributed by atoms with van der Waals surface area (Å²) in [5, 5.41) is 36.3. The van der Waals surface area contributed by atoms with Gasteiger partial charge >= 0.3 is 29.6 Å². The summed E-state index contributed by atoms with van der Waals surface area (Å²) in [6.07, 6.45) is -4.82. The van der Waals surface area contributed by atoms with Gasteiger partial charge in [-0.1, -0.05) is 0 Å². The van der Waals surface area contributed by atoms with E-state index in [2.05, 4.69) is 0 Å². The van der Waals surface area contributed by atoms with E-state index in [4.69, 9.17) is 10.1 Å². The summed E-state index contributed by atoms with van der Waals surface area (Å²) in [7, 11) is -4.72. The predicted octanol–water partition coefficient (Wildman–Crippen LogP) is -6.02. The topological polar surface area (TPSA) is 162 Å². The molecule has 0 radical (unpaired) electrons. The molecule has 9 nitrogen and oxygen atoms in total. The number of hydroxylamine groups is 2. The summed E-state index contributed by atoms with van der Waals surface area (Å²) in [5.41, 5.74) is 0. The van der Waals surface area contributed by atoms with Gasteiger partial charge in [0.1, 0.15) is 18.3 Å². The first kappa shape index (κ1) is 20.5. The maximum absolute atomic E-state index is 10.3. The van der Waals surface area contributed by atoms with E-state index < -0.39 is 32.5 Å². The van der Waals surface area contributed by atoms with E-state index in [1.54, 1.807) is 0 Å². The Labute approximate surface area is 125 Å². The minimum atomic E-state index is -4.72. The van der Waals surface area contributed by atoms with Crippen LogP contribution in [-0.4, -0.2) is 61.8 Å². The van der Waals surface area contributed by atoms with Gasteiger partial charge in [-0.15, -0.1) is 0 Å². The average molecular weight is 293 g/mol. The van der Waals surface area contributed by atoms with Gasteiger partial charge in [0.25, 0.3) is 0 Å². The van der Waals surface area contributed by atoms with Crippen LogP contribution in [0.5, 0.6) is 0 Å². The third-order valence-corrected chi connectivity index (χ3v) is 2.26. The third kappa shape index (κ3) is 9.17. The summed E-state index contributed by atoms with van der Waals surface area (Å²) in [6.45, 7) is -0.677. The van der Waals surface area contributed by atoms with Gasteiger partial charge in [-0.05, 0) is 11.9 Å². The molecule has 0 aliphatic heterocycles. The molecule has 18 heavy (non-hydrogen) atoms. The van der Waals surface area contributed by atoms with Crippen molar-refractivity contribution in [3.05, 3.63) is 11.9 Å². The van der Waals surface area contributed by atoms with Gasteiger partial charge in [0.05, 0.1) is 6.54 Å². The second kappa shape index (κ2) is 9.16. The van der Waals surface area contributed by atoms with E-state index in [1.807, 2.05) is 0 Å². The number of amides is 1. The Morgan fingerprint density at radius 3 is 2.22 bits per heavy atom. The Kier molecular flexibility index (Phi) is 10.4. The minimum Gasteiger partial charge on any atom is -0.776 e. The van der Waals surface area contributed by atoms with Crippen LogP contribution >= 0.6 is 7.60 Å². The molecular formula is C7H13NNaO8P. The molecule has 0 fully saturated rings. The van der Waals surface area contributed by atoms with Crippen molar-refractivity contribution in [2.24, 2.45) is 0 Å². The van der Waals surface area contributed by atoms with Gasteiger partial charge in [-0.3, -0.25) is 10.0 Å². The maximum atomic E-state index is 10.3. The van der Waals surface area contributed by atoms with E-state index in [0.717, 1.165) is 0 Å². The Morgan fingerprint density at radius 2 is 1.83 bits per heavy atom. The quantitative estimate of drug-likeness (QED) is 0.102. The van der Waals surface area contributed by atoms with Crippen molar-refractivity contribution >= 4 is 14.0 Å². The number of hydrogen-bond donors (Lipinski definition) is 5. The van der Waals surface area contributed by atoms with E-state index >= 15 is 0 Å². The molecule has 0 aromatic carbocycles. The molecule has 11 heteroatoms. The molecule has 0 aliphatic carbocycles. The van der Waals surface area contributed by atoms with E-state index in [1.165, 1.54) is 0 Å². The second-order valence-electron chi connectivity index (χ2n) is 3.18. The van der Waals surface area contributed by atoms with Crippen LogP contribution < -0.4 is 34.5 Å². The van der Waals surface area contributed by atoms with Crippen molar-refractivity contribution in [3.63, 3.8) is 0 Å². The van der Waals surface area contributed by atoms with Gasteiger partial charge in [0.2, 0.25) is 6.41 Å². The van der Waals surface area contributed by atoms with Crippen molar-refractivity contribution in [2.75, 3.05) is 6.54 Å². The van der Waals surface area contributed by atoms with Gasteiger partial charge in [-0.2, -0.15) is 0 Å². The largest absolute Gasteiger partial charge is 1.00 e. The molecule has 0 aliphatic rings. The van der Waals surface area contributed by atoms with Crippen LogP contribution in [0.1, 0.15) is 0 Å². The zero-order chi connectivity index (χ0) is 13.6.